The first-order chi connectivity index (χ1) is 18.6. The first kappa shape index (κ1) is 28.4. The van der Waals surface area contributed by atoms with Crippen molar-refractivity contribution >= 4 is 37.9 Å². The summed E-state index contributed by atoms with van der Waals surface area (Å²) in [4.78, 5) is 22.4. The van der Waals surface area contributed by atoms with E-state index in [4.69, 9.17) is 5.73 Å². The number of aromatic nitrogens is 5. The smallest absolute Gasteiger partial charge is 0.352 e. The molecule has 3 N–H and O–H groups in total. The lowest BCUT2D eigenvalue weighted by molar-refractivity contribution is 0.486. The molecule has 10 nitrogen and oxygen atoms in total. The van der Waals surface area contributed by atoms with E-state index in [1.807, 2.05) is 32.9 Å². The van der Waals surface area contributed by atoms with Gasteiger partial charge in [-0.1, -0.05) is 37.3 Å². The average molecular weight is 585 g/mol. The highest BCUT2D eigenvalue weighted by Crippen LogP contribution is 2.32. The van der Waals surface area contributed by atoms with Crippen LogP contribution in [0, 0.1) is 13.8 Å². The van der Waals surface area contributed by atoms with Gasteiger partial charge in [-0.3, -0.25) is 9.12 Å². The predicted octanol–water partition coefficient (Wildman–Crippen LogP) is 4.75. The number of aryl methyl sites for hydroxylation is 3. The fourth-order valence-electron chi connectivity index (χ4n) is 3.81. The van der Waals surface area contributed by atoms with Gasteiger partial charge in [-0.25, -0.2) is 14.8 Å². The topological polar surface area (TPSA) is 146 Å². The molecule has 5 aromatic rings. The number of rotatable bonds is 7. The molecule has 4 aromatic heterocycles. The number of thiazole rings is 1. The van der Waals surface area contributed by atoms with Crippen molar-refractivity contribution in [2.24, 2.45) is 0 Å². The molecule has 0 spiro atoms. The van der Waals surface area contributed by atoms with E-state index in [1.165, 1.54) is 20.9 Å². The minimum atomic E-state index is -4.28. The number of thiophene rings is 1. The fourth-order valence-corrected chi connectivity index (χ4v) is 6.26. The van der Waals surface area contributed by atoms with Crippen molar-refractivity contribution in [3.63, 3.8) is 0 Å². The SMILES string of the molecule is CCCc1nn(-c2ccccn2)c(=O)n1Cc1ccc(-c2ccsc2S(=O)(=O)O)cc1.Cc1nc(N)sc1C. The summed E-state index contributed by atoms with van der Waals surface area (Å²) in [5.41, 5.74) is 8.16. The summed E-state index contributed by atoms with van der Waals surface area (Å²) in [6, 6.07) is 14.2. The second-order valence-electron chi connectivity index (χ2n) is 8.62. The highest BCUT2D eigenvalue weighted by molar-refractivity contribution is 7.88. The van der Waals surface area contributed by atoms with Gasteiger partial charge in [0.25, 0.3) is 0 Å². The summed E-state index contributed by atoms with van der Waals surface area (Å²) in [5.74, 6) is 1.14. The van der Waals surface area contributed by atoms with E-state index in [-0.39, 0.29) is 9.90 Å². The summed E-state index contributed by atoms with van der Waals surface area (Å²) in [6.45, 7) is 6.33. The van der Waals surface area contributed by atoms with Gasteiger partial charge in [-0.05, 0) is 55.0 Å². The van der Waals surface area contributed by atoms with Gasteiger partial charge in [0.15, 0.2) is 15.2 Å². The number of nitrogen functional groups attached to an aromatic ring is 1. The lowest BCUT2D eigenvalue weighted by Gasteiger charge is -2.07. The van der Waals surface area contributed by atoms with Crippen LogP contribution in [0.2, 0.25) is 0 Å². The Morgan fingerprint density at radius 2 is 1.82 bits per heavy atom. The fraction of sp³-hybridized carbons (Fsp3) is 0.231. The van der Waals surface area contributed by atoms with Gasteiger partial charge in [-0.15, -0.1) is 27.8 Å². The molecule has 4 heterocycles. The zero-order valence-corrected chi connectivity index (χ0v) is 24.1. The van der Waals surface area contributed by atoms with Crippen molar-refractivity contribution in [1.82, 2.24) is 24.3 Å². The lowest BCUT2D eigenvalue weighted by atomic mass is 10.1. The van der Waals surface area contributed by atoms with Gasteiger partial charge >= 0.3 is 15.8 Å². The minimum absolute atomic E-state index is 0.0849. The summed E-state index contributed by atoms with van der Waals surface area (Å²) >= 11 is 2.50. The van der Waals surface area contributed by atoms with Gasteiger partial charge in [-0.2, -0.15) is 13.1 Å². The van der Waals surface area contributed by atoms with Crippen molar-refractivity contribution in [2.45, 2.75) is 44.4 Å². The minimum Gasteiger partial charge on any atom is -0.375 e. The van der Waals surface area contributed by atoms with Crippen LogP contribution in [-0.4, -0.2) is 37.3 Å². The van der Waals surface area contributed by atoms with Crippen molar-refractivity contribution < 1.29 is 13.0 Å². The molecule has 0 saturated carbocycles. The van der Waals surface area contributed by atoms with Crippen LogP contribution < -0.4 is 11.4 Å². The van der Waals surface area contributed by atoms with Crippen LogP contribution in [0.4, 0.5) is 5.13 Å². The third-order valence-corrected chi connectivity index (χ3v) is 9.01. The van der Waals surface area contributed by atoms with E-state index in [0.717, 1.165) is 29.0 Å². The molecule has 5 rings (SSSR count). The Balaban J connectivity index is 0.000000379. The Labute approximate surface area is 234 Å². The molecular formula is C26H28N6O4S3. The first-order valence-corrected chi connectivity index (χ1v) is 15.2. The molecule has 1 aromatic carbocycles. The summed E-state index contributed by atoms with van der Waals surface area (Å²) in [6.07, 6.45) is 3.11. The summed E-state index contributed by atoms with van der Waals surface area (Å²) in [7, 11) is -4.28. The molecule has 204 valence electrons. The maximum absolute atomic E-state index is 13.0. The van der Waals surface area contributed by atoms with Gasteiger partial charge in [0.2, 0.25) is 0 Å². The number of pyridine rings is 1. The number of anilines is 1. The van der Waals surface area contributed by atoms with E-state index in [2.05, 4.69) is 15.1 Å². The van der Waals surface area contributed by atoms with Crippen LogP contribution in [0.5, 0.6) is 0 Å². The molecule has 0 aliphatic carbocycles. The van der Waals surface area contributed by atoms with E-state index in [1.54, 1.807) is 52.5 Å². The summed E-state index contributed by atoms with van der Waals surface area (Å²) < 4.78 is 35.4. The molecule has 0 aliphatic heterocycles. The standard InChI is InChI=1S/C21H20N4O4S2.C5H8N2S/c1-2-5-19-23-25(18-6-3-4-12-22-18)21(26)24(19)14-15-7-9-16(10-8-15)17-11-13-30-20(17)31(27,28)29;1-3-4(2)8-5(6)7-3/h3-4,6-13H,2,5,14H2,1H3,(H,27,28,29);1-2H3,(H2,6,7). The normalized spacial score (nSPS) is 11.3. The zero-order valence-electron chi connectivity index (χ0n) is 21.6. The molecule has 0 atom stereocenters. The maximum atomic E-state index is 13.0. The molecule has 0 aliphatic rings. The van der Waals surface area contributed by atoms with Crippen LogP contribution in [-0.2, 0) is 23.1 Å². The second kappa shape index (κ2) is 12.0. The van der Waals surface area contributed by atoms with E-state index in [9.17, 15) is 17.8 Å². The highest BCUT2D eigenvalue weighted by Gasteiger charge is 2.19. The Kier molecular flexibility index (Phi) is 8.75. The monoisotopic (exact) mass is 584 g/mol. The van der Waals surface area contributed by atoms with E-state index < -0.39 is 10.1 Å². The van der Waals surface area contributed by atoms with Crippen LogP contribution in [0.1, 0.15) is 35.3 Å². The van der Waals surface area contributed by atoms with Gasteiger partial charge in [0, 0.05) is 23.1 Å². The summed E-state index contributed by atoms with van der Waals surface area (Å²) in [5, 5.41) is 6.76. The van der Waals surface area contributed by atoms with Gasteiger partial charge in [0.05, 0.1) is 12.2 Å². The number of hydrogen-bond acceptors (Lipinski definition) is 9. The molecule has 13 heteroatoms. The van der Waals surface area contributed by atoms with Crippen molar-refractivity contribution in [3.05, 3.63) is 92.6 Å². The van der Waals surface area contributed by atoms with Crippen LogP contribution in [0.25, 0.3) is 16.9 Å². The third-order valence-electron chi connectivity index (χ3n) is 5.79. The predicted molar refractivity (Wildman–Crippen MR) is 154 cm³/mol. The molecule has 39 heavy (non-hydrogen) atoms. The quantitative estimate of drug-likeness (QED) is 0.261. The Hall–Kier alpha value is -3.65. The highest BCUT2D eigenvalue weighted by atomic mass is 32.3. The Morgan fingerprint density at radius 1 is 1.08 bits per heavy atom. The molecular weight excluding hydrogens is 557 g/mol. The van der Waals surface area contributed by atoms with Crippen molar-refractivity contribution in [1.29, 1.82) is 0 Å². The van der Waals surface area contributed by atoms with E-state index in [0.29, 0.717) is 40.9 Å². The number of nitrogens with two attached hydrogens (primary N) is 1. The van der Waals surface area contributed by atoms with Crippen LogP contribution in [0.15, 0.2) is 69.1 Å². The second-order valence-corrected chi connectivity index (χ2v) is 12.4. The van der Waals surface area contributed by atoms with Gasteiger partial charge < -0.3 is 5.73 Å². The lowest BCUT2D eigenvalue weighted by Crippen LogP contribution is -2.25. The zero-order chi connectivity index (χ0) is 28.2. The molecule has 0 bridgehead atoms. The first-order valence-electron chi connectivity index (χ1n) is 12.0. The maximum Gasteiger partial charge on any atom is 0.352 e. The van der Waals surface area contributed by atoms with E-state index >= 15 is 0 Å². The largest absolute Gasteiger partial charge is 0.375 e. The third kappa shape index (κ3) is 6.68. The Morgan fingerprint density at radius 3 is 2.36 bits per heavy atom. The van der Waals surface area contributed by atoms with Crippen molar-refractivity contribution in [2.75, 3.05) is 5.73 Å². The van der Waals surface area contributed by atoms with Crippen molar-refractivity contribution in [3.8, 4) is 16.9 Å². The molecule has 0 unspecified atom stereocenters. The molecule has 0 fully saturated rings. The van der Waals surface area contributed by atoms with Crippen LogP contribution >= 0.6 is 22.7 Å². The molecule has 0 radical (unpaired) electrons. The number of benzene rings is 1. The molecule has 0 saturated heterocycles. The average Bonchev–Trinajstić information content (AvgIpc) is 3.59. The molecule has 0 amide bonds. The van der Waals surface area contributed by atoms with Crippen LogP contribution in [0.3, 0.4) is 0 Å². The van der Waals surface area contributed by atoms with Gasteiger partial charge in [0.1, 0.15) is 5.82 Å². The number of nitrogens with zero attached hydrogens (tertiary/aromatic N) is 5. The number of hydrogen-bond donors (Lipinski definition) is 2. The Bertz CT molecular complexity index is 1700.